The Morgan fingerprint density at radius 2 is 2.27 bits per heavy atom. The molecule has 0 radical (unpaired) electrons. The fourth-order valence-corrected chi connectivity index (χ4v) is 1.28. The van der Waals surface area contributed by atoms with Gasteiger partial charge < -0.3 is 9.84 Å². The van der Waals surface area contributed by atoms with Gasteiger partial charge in [-0.1, -0.05) is 6.92 Å². The first kappa shape index (κ1) is 11.4. The van der Waals surface area contributed by atoms with Gasteiger partial charge in [-0.05, 0) is 13.3 Å². The van der Waals surface area contributed by atoms with Gasteiger partial charge in [-0.25, -0.2) is 9.97 Å². The van der Waals surface area contributed by atoms with Crippen LogP contribution in [0.4, 0.5) is 0 Å². The van der Waals surface area contributed by atoms with Crippen molar-refractivity contribution in [2.75, 3.05) is 6.61 Å². The first-order valence-electron chi connectivity index (χ1n) is 4.86. The zero-order valence-corrected chi connectivity index (χ0v) is 8.80. The van der Waals surface area contributed by atoms with E-state index in [4.69, 9.17) is 9.84 Å². The molecule has 0 spiro atoms. The van der Waals surface area contributed by atoms with Gasteiger partial charge in [0.05, 0.1) is 18.2 Å². The molecule has 1 N–H and O–H groups in total. The molecule has 5 nitrogen and oxygen atoms in total. The maximum absolute atomic E-state index is 10.9. The fourth-order valence-electron chi connectivity index (χ4n) is 1.28. The van der Waals surface area contributed by atoms with Crippen LogP contribution >= 0.6 is 0 Å². The average molecular weight is 210 g/mol. The SMILES string of the molecule is CCOc1cc(C(CC)C(=O)O)ncn1. The summed E-state index contributed by atoms with van der Waals surface area (Å²) in [6, 6.07) is 1.58. The molecule has 15 heavy (non-hydrogen) atoms. The van der Waals surface area contributed by atoms with Crippen LogP contribution in [0.5, 0.6) is 5.88 Å². The molecule has 0 saturated carbocycles. The molecule has 82 valence electrons. The Morgan fingerprint density at radius 3 is 2.80 bits per heavy atom. The highest BCUT2D eigenvalue weighted by molar-refractivity contribution is 5.75. The Bertz CT molecular complexity index is 341. The van der Waals surface area contributed by atoms with Crippen LogP contribution in [0.15, 0.2) is 12.4 Å². The minimum Gasteiger partial charge on any atom is -0.481 e. The Hall–Kier alpha value is -1.65. The second-order valence-corrected chi connectivity index (χ2v) is 3.01. The predicted molar refractivity (Wildman–Crippen MR) is 53.9 cm³/mol. The minimum atomic E-state index is -0.876. The molecule has 0 aliphatic rings. The Labute approximate surface area is 88.1 Å². The number of rotatable bonds is 5. The van der Waals surface area contributed by atoms with Gasteiger partial charge in [0.15, 0.2) is 0 Å². The van der Waals surface area contributed by atoms with Crippen LogP contribution in [-0.4, -0.2) is 27.7 Å². The number of carboxylic acid groups (broad SMARTS) is 1. The lowest BCUT2D eigenvalue weighted by Gasteiger charge is -2.09. The summed E-state index contributed by atoms with van der Waals surface area (Å²) in [7, 11) is 0. The summed E-state index contributed by atoms with van der Waals surface area (Å²) >= 11 is 0. The molecule has 1 atom stereocenters. The number of hydrogen-bond acceptors (Lipinski definition) is 4. The summed E-state index contributed by atoms with van der Waals surface area (Å²) in [5.74, 6) is -1.05. The lowest BCUT2D eigenvalue weighted by atomic mass is 10.0. The van der Waals surface area contributed by atoms with E-state index in [0.29, 0.717) is 24.6 Å². The number of aromatic nitrogens is 2. The standard InChI is InChI=1S/C10H14N2O3/c1-3-7(10(13)14)8-5-9(15-4-2)12-6-11-8/h5-7H,3-4H2,1-2H3,(H,13,14). The van der Waals surface area contributed by atoms with Crippen LogP contribution in [0, 0.1) is 0 Å². The van der Waals surface area contributed by atoms with E-state index in [1.807, 2.05) is 6.92 Å². The molecule has 0 aliphatic carbocycles. The van der Waals surface area contributed by atoms with Gasteiger partial charge in [0.1, 0.15) is 6.33 Å². The lowest BCUT2D eigenvalue weighted by Crippen LogP contribution is -2.12. The topological polar surface area (TPSA) is 72.3 Å². The minimum absolute atomic E-state index is 0.419. The number of nitrogens with zero attached hydrogens (tertiary/aromatic N) is 2. The van der Waals surface area contributed by atoms with E-state index in [1.165, 1.54) is 6.33 Å². The first-order valence-corrected chi connectivity index (χ1v) is 4.86. The van der Waals surface area contributed by atoms with Gasteiger partial charge in [-0.2, -0.15) is 0 Å². The van der Waals surface area contributed by atoms with Crippen molar-refractivity contribution < 1.29 is 14.6 Å². The third-order valence-electron chi connectivity index (χ3n) is 2.02. The van der Waals surface area contributed by atoms with Crippen molar-refractivity contribution in [3.63, 3.8) is 0 Å². The molecule has 1 heterocycles. The molecular formula is C10H14N2O3. The van der Waals surface area contributed by atoms with Crippen molar-refractivity contribution in [1.82, 2.24) is 9.97 Å². The smallest absolute Gasteiger partial charge is 0.312 e. The molecule has 1 rings (SSSR count). The molecule has 5 heteroatoms. The molecule has 0 amide bonds. The maximum Gasteiger partial charge on any atom is 0.312 e. The third-order valence-corrected chi connectivity index (χ3v) is 2.02. The van der Waals surface area contributed by atoms with Gasteiger partial charge in [0.25, 0.3) is 0 Å². The zero-order valence-electron chi connectivity index (χ0n) is 8.80. The van der Waals surface area contributed by atoms with Crippen molar-refractivity contribution in [2.45, 2.75) is 26.2 Å². The quantitative estimate of drug-likeness (QED) is 0.796. The van der Waals surface area contributed by atoms with Crippen LogP contribution in [0.1, 0.15) is 31.9 Å². The van der Waals surface area contributed by atoms with Crippen molar-refractivity contribution in [2.24, 2.45) is 0 Å². The van der Waals surface area contributed by atoms with E-state index < -0.39 is 11.9 Å². The van der Waals surface area contributed by atoms with E-state index in [1.54, 1.807) is 13.0 Å². The monoisotopic (exact) mass is 210 g/mol. The maximum atomic E-state index is 10.9. The van der Waals surface area contributed by atoms with E-state index in [-0.39, 0.29) is 0 Å². The molecule has 1 unspecified atom stereocenters. The summed E-state index contributed by atoms with van der Waals surface area (Å²) in [5, 5.41) is 8.95. The van der Waals surface area contributed by atoms with Crippen molar-refractivity contribution in [3.8, 4) is 5.88 Å². The highest BCUT2D eigenvalue weighted by atomic mass is 16.5. The van der Waals surface area contributed by atoms with Crippen LogP contribution in [0.2, 0.25) is 0 Å². The Kier molecular flexibility index (Phi) is 4.03. The summed E-state index contributed by atoms with van der Waals surface area (Å²) in [6.07, 6.45) is 1.82. The van der Waals surface area contributed by atoms with Gasteiger partial charge in [-0.15, -0.1) is 0 Å². The fraction of sp³-hybridized carbons (Fsp3) is 0.500. The molecule has 1 aromatic rings. The average Bonchev–Trinajstić information content (AvgIpc) is 2.19. The Balaban J connectivity index is 2.92. The lowest BCUT2D eigenvalue weighted by molar-refractivity contribution is -0.138. The van der Waals surface area contributed by atoms with Crippen molar-refractivity contribution in [1.29, 1.82) is 0 Å². The summed E-state index contributed by atoms with van der Waals surface area (Å²) in [6.45, 7) is 4.15. The number of aliphatic carboxylic acids is 1. The molecule has 0 aromatic carbocycles. The normalized spacial score (nSPS) is 12.1. The first-order chi connectivity index (χ1) is 7.19. The van der Waals surface area contributed by atoms with Crippen LogP contribution in [0.3, 0.4) is 0 Å². The summed E-state index contributed by atoms with van der Waals surface area (Å²) in [4.78, 5) is 18.7. The molecule has 0 aliphatic heterocycles. The molecule has 0 fully saturated rings. The number of carbonyl (C=O) groups is 1. The van der Waals surface area contributed by atoms with Gasteiger partial charge in [0, 0.05) is 6.07 Å². The number of hydrogen-bond donors (Lipinski definition) is 1. The van der Waals surface area contributed by atoms with E-state index in [9.17, 15) is 4.79 Å². The van der Waals surface area contributed by atoms with Gasteiger partial charge >= 0.3 is 5.97 Å². The number of carboxylic acids is 1. The number of ether oxygens (including phenoxy) is 1. The van der Waals surface area contributed by atoms with Crippen LogP contribution < -0.4 is 4.74 Å². The van der Waals surface area contributed by atoms with Crippen molar-refractivity contribution >= 4 is 5.97 Å². The second-order valence-electron chi connectivity index (χ2n) is 3.01. The largest absolute Gasteiger partial charge is 0.481 e. The Morgan fingerprint density at radius 1 is 1.53 bits per heavy atom. The molecule has 1 aromatic heterocycles. The zero-order chi connectivity index (χ0) is 11.3. The van der Waals surface area contributed by atoms with E-state index in [0.717, 1.165) is 0 Å². The molecule has 0 saturated heterocycles. The second kappa shape index (κ2) is 5.29. The van der Waals surface area contributed by atoms with Crippen LogP contribution in [0.25, 0.3) is 0 Å². The van der Waals surface area contributed by atoms with Gasteiger partial charge in [-0.3, -0.25) is 4.79 Å². The summed E-state index contributed by atoms with van der Waals surface area (Å²) in [5.41, 5.74) is 0.489. The molecule has 0 bridgehead atoms. The van der Waals surface area contributed by atoms with E-state index >= 15 is 0 Å². The summed E-state index contributed by atoms with van der Waals surface area (Å²) < 4.78 is 5.18. The highest BCUT2D eigenvalue weighted by Gasteiger charge is 2.19. The van der Waals surface area contributed by atoms with Crippen LogP contribution in [-0.2, 0) is 4.79 Å². The van der Waals surface area contributed by atoms with Crippen molar-refractivity contribution in [3.05, 3.63) is 18.1 Å². The van der Waals surface area contributed by atoms with E-state index in [2.05, 4.69) is 9.97 Å². The third kappa shape index (κ3) is 2.90. The predicted octanol–water partition coefficient (Wildman–Crippen LogP) is 1.45. The molecular weight excluding hydrogens is 196 g/mol. The van der Waals surface area contributed by atoms with Gasteiger partial charge in [0.2, 0.25) is 5.88 Å². The highest BCUT2D eigenvalue weighted by Crippen LogP contribution is 2.19.